The lowest BCUT2D eigenvalue weighted by Gasteiger charge is -2.33. The molecule has 0 fully saturated rings. The monoisotopic (exact) mass is 540 g/mol. The number of benzene rings is 2. The molecule has 2 heterocycles. The fraction of sp³-hybridized carbons (Fsp3) is 0.412. The number of aromatic nitrogens is 2. The highest BCUT2D eigenvalue weighted by Gasteiger charge is 2.53. The van der Waals surface area contributed by atoms with Crippen LogP contribution >= 0.6 is 0 Å². The van der Waals surface area contributed by atoms with Gasteiger partial charge in [-0.05, 0) is 61.3 Å². The Labute approximate surface area is 235 Å². The maximum Gasteiger partial charge on any atom is 0.243 e. The van der Waals surface area contributed by atoms with Gasteiger partial charge < -0.3 is 20.2 Å². The first-order valence-corrected chi connectivity index (χ1v) is 14.5. The number of aromatic amines is 2. The van der Waals surface area contributed by atoms with Crippen LogP contribution in [0.1, 0.15) is 81.8 Å². The number of aryl methyl sites for hydroxylation is 2. The zero-order chi connectivity index (χ0) is 28.6. The van der Waals surface area contributed by atoms with Crippen molar-refractivity contribution in [3.63, 3.8) is 0 Å². The van der Waals surface area contributed by atoms with E-state index in [2.05, 4.69) is 37.7 Å². The average Bonchev–Trinajstić information content (AvgIpc) is 3.44. The molecular formula is C34H40N2O4. The first kappa shape index (κ1) is 28.1. The number of H-pyrrole nitrogens is 2. The van der Waals surface area contributed by atoms with Crippen LogP contribution in [-0.2, 0) is 22.4 Å². The smallest absolute Gasteiger partial charge is 0.243 e. The molecule has 0 saturated heterocycles. The number of carbonyl (C=O) groups excluding carboxylic acids is 2. The molecule has 0 bridgehead atoms. The Hall–Kier alpha value is -3.48. The zero-order valence-corrected chi connectivity index (χ0v) is 23.9. The van der Waals surface area contributed by atoms with Gasteiger partial charge in [-0.25, -0.2) is 0 Å². The highest BCUT2D eigenvalue weighted by Crippen LogP contribution is 2.44. The van der Waals surface area contributed by atoms with E-state index in [1.807, 2.05) is 48.5 Å². The predicted octanol–water partition coefficient (Wildman–Crippen LogP) is 6.61. The van der Waals surface area contributed by atoms with Gasteiger partial charge in [0.05, 0.1) is 0 Å². The van der Waals surface area contributed by atoms with E-state index in [-0.39, 0.29) is 5.57 Å². The molecule has 2 aromatic carbocycles. The van der Waals surface area contributed by atoms with Gasteiger partial charge in [-0.1, -0.05) is 76.9 Å². The zero-order valence-electron chi connectivity index (χ0n) is 23.9. The van der Waals surface area contributed by atoms with Gasteiger partial charge in [-0.2, -0.15) is 0 Å². The van der Waals surface area contributed by atoms with Crippen molar-refractivity contribution in [2.45, 2.75) is 77.9 Å². The number of carbonyl (C=O) groups is 2. The van der Waals surface area contributed by atoms with Crippen LogP contribution in [0.25, 0.3) is 27.4 Å². The molecule has 40 heavy (non-hydrogen) atoms. The van der Waals surface area contributed by atoms with Crippen molar-refractivity contribution in [1.29, 1.82) is 0 Å². The lowest BCUT2D eigenvalue weighted by molar-refractivity contribution is -0.187. The number of hydrogen-bond donors (Lipinski definition) is 4. The summed E-state index contributed by atoms with van der Waals surface area (Å²) in [6, 6.07) is 15.2. The van der Waals surface area contributed by atoms with Crippen molar-refractivity contribution in [3.05, 3.63) is 77.1 Å². The van der Waals surface area contributed by atoms with E-state index < -0.39 is 23.3 Å². The second-order valence-corrected chi connectivity index (χ2v) is 12.1. The molecule has 1 aliphatic rings. The van der Waals surface area contributed by atoms with E-state index in [1.165, 1.54) is 6.08 Å². The molecule has 0 spiro atoms. The SMILES string of the molecule is CC(C)CCCc1[nH]c2ccccc2c1C1=CC(=O)C(c2c(CCCC(C)C)[nH]c3ccccc23)C(O)(O)C1=O. The number of ketones is 2. The fourth-order valence-corrected chi connectivity index (χ4v) is 6.16. The minimum atomic E-state index is -2.88. The molecule has 0 amide bonds. The van der Waals surface area contributed by atoms with E-state index >= 15 is 0 Å². The van der Waals surface area contributed by atoms with E-state index in [1.54, 1.807) is 0 Å². The van der Waals surface area contributed by atoms with Crippen LogP contribution in [-0.4, -0.2) is 37.5 Å². The molecule has 0 radical (unpaired) electrons. The average molecular weight is 541 g/mol. The Bertz CT molecular complexity index is 1580. The second kappa shape index (κ2) is 11.2. The number of allylic oxidation sites excluding steroid dienone is 1. The molecule has 1 unspecified atom stereocenters. The third kappa shape index (κ3) is 5.18. The summed E-state index contributed by atoms with van der Waals surface area (Å²) in [4.78, 5) is 34.7. The lowest BCUT2D eigenvalue weighted by Crippen LogP contribution is -2.50. The van der Waals surface area contributed by atoms with Gasteiger partial charge in [-0.15, -0.1) is 0 Å². The van der Waals surface area contributed by atoms with Crippen molar-refractivity contribution in [2.75, 3.05) is 0 Å². The molecule has 6 heteroatoms. The van der Waals surface area contributed by atoms with E-state index in [0.29, 0.717) is 35.8 Å². The summed E-state index contributed by atoms with van der Waals surface area (Å²) >= 11 is 0. The Morgan fingerprint density at radius 3 is 1.93 bits per heavy atom. The molecule has 1 atom stereocenters. The van der Waals surface area contributed by atoms with E-state index in [4.69, 9.17) is 0 Å². The fourth-order valence-electron chi connectivity index (χ4n) is 6.16. The largest absolute Gasteiger partial charge is 0.359 e. The number of hydrogen-bond acceptors (Lipinski definition) is 4. The summed E-state index contributed by atoms with van der Waals surface area (Å²) < 4.78 is 0. The Morgan fingerprint density at radius 2 is 1.30 bits per heavy atom. The van der Waals surface area contributed by atoms with Crippen LogP contribution in [0.3, 0.4) is 0 Å². The Balaban J connectivity index is 1.61. The molecule has 4 N–H and O–H groups in total. The number of Topliss-reactive ketones (excluding diaryl/α,β-unsaturated/α-hetero) is 1. The van der Waals surface area contributed by atoms with Crippen LogP contribution in [0, 0.1) is 11.8 Å². The second-order valence-electron chi connectivity index (χ2n) is 12.1. The minimum absolute atomic E-state index is 0.0597. The van der Waals surface area contributed by atoms with Crippen molar-refractivity contribution in [2.24, 2.45) is 11.8 Å². The van der Waals surface area contributed by atoms with Gasteiger partial charge in [0.25, 0.3) is 0 Å². The van der Waals surface area contributed by atoms with Crippen LogP contribution < -0.4 is 0 Å². The number of aliphatic hydroxyl groups is 2. The van der Waals surface area contributed by atoms with Crippen LogP contribution in [0.15, 0.2) is 54.6 Å². The van der Waals surface area contributed by atoms with Crippen molar-refractivity contribution in [1.82, 2.24) is 9.97 Å². The molecule has 5 rings (SSSR count). The lowest BCUT2D eigenvalue weighted by atomic mass is 9.74. The molecule has 4 aromatic rings. The summed E-state index contributed by atoms with van der Waals surface area (Å²) in [5.74, 6) is -4.55. The number of nitrogens with one attached hydrogen (secondary N) is 2. The summed E-state index contributed by atoms with van der Waals surface area (Å²) in [5, 5.41) is 24.6. The summed E-state index contributed by atoms with van der Waals surface area (Å²) in [7, 11) is 0. The van der Waals surface area contributed by atoms with Crippen molar-refractivity contribution in [3.8, 4) is 0 Å². The van der Waals surface area contributed by atoms with E-state index in [0.717, 1.165) is 58.9 Å². The maximum atomic E-state index is 14.0. The van der Waals surface area contributed by atoms with Crippen molar-refractivity contribution < 1.29 is 19.8 Å². The summed E-state index contributed by atoms with van der Waals surface area (Å²) in [5.41, 5.74) is 4.44. The molecule has 1 aliphatic carbocycles. The highest BCUT2D eigenvalue weighted by molar-refractivity contribution is 6.34. The summed E-state index contributed by atoms with van der Waals surface area (Å²) in [6.45, 7) is 8.67. The maximum absolute atomic E-state index is 14.0. The van der Waals surface area contributed by atoms with Gasteiger partial charge in [0, 0.05) is 44.3 Å². The van der Waals surface area contributed by atoms with Crippen LogP contribution in [0.4, 0.5) is 0 Å². The van der Waals surface area contributed by atoms with Gasteiger partial charge in [0.2, 0.25) is 11.6 Å². The van der Waals surface area contributed by atoms with Gasteiger partial charge >= 0.3 is 0 Å². The van der Waals surface area contributed by atoms with Gasteiger partial charge in [-0.3, -0.25) is 9.59 Å². The highest BCUT2D eigenvalue weighted by atomic mass is 16.5. The van der Waals surface area contributed by atoms with Gasteiger partial charge in [0.1, 0.15) is 5.92 Å². The number of rotatable bonds is 10. The molecule has 2 aromatic heterocycles. The first-order chi connectivity index (χ1) is 19.1. The molecule has 210 valence electrons. The first-order valence-electron chi connectivity index (χ1n) is 14.5. The minimum Gasteiger partial charge on any atom is -0.359 e. The normalized spacial score (nSPS) is 17.5. The number of fused-ring (bicyclic) bond motifs is 2. The predicted molar refractivity (Wildman–Crippen MR) is 160 cm³/mol. The topological polar surface area (TPSA) is 106 Å². The van der Waals surface area contributed by atoms with E-state index in [9.17, 15) is 19.8 Å². The molecular weight excluding hydrogens is 500 g/mol. The molecule has 0 aliphatic heterocycles. The number of para-hydroxylation sites is 2. The molecule has 6 nitrogen and oxygen atoms in total. The third-order valence-electron chi connectivity index (χ3n) is 8.14. The quantitative estimate of drug-likeness (QED) is 0.170. The standard InChI is InChI=1S/C34H40N2O4/c1-20(2)11-9-17-27-30(22-13-5-7-15-25(22)35-27)24-19-29(37)32(34(39,40)33(24)38)31-23-14-6-8-16-26(23)36-28(31)18-10-12-21(3)4/h5-8,13-16,19-21,32,35-36,39-40H,9-12,17-18H2,1-4H3. The Kier molecular flexibility index (Phi) is 7.85. The van der Waals surface area contributed by atoms with Crippen molar-refractivity contribution >= 4 is 38.9 Å². The summed E-state index contributed by atoms with van der Waals surface area (Å²) in [6.07, 6.45) is 6.50. The molecule has 0 saturated carbocycles. The Morgan fingerprint density at radius 1 is 0.775 bits per heavy atom. The van der Waals surface area contributed by atoms with Crippen LogP contribution in [0.5, 0.6) is 0 Å². The third-order valence-corrected chi connectivity index (χ3v) is 8.14. The van der Waals surface area contributed by atoms with Crippen LogP contribution in [0.2, 0.25) is 0 Å². The van der Waals surface area contributed by atoms with Gasteiger partial charge in [0.15, 0.2) is 5.78 Å².